The SMILES string of the molecule is COc1ncccc1NC(=O)c1cc2cn(C3CCCCO3)nc2nc1OC(C)C. The van der Waals surface area contributed by atoms with E-state index in [1.165, 1.54) is 7.11 Å². The Morgan fingerprint density at radius 1 is 1.33 bits per heavy atom. The minimum Gasteiger partial charge on any atom is -0.480 e. The summed E-state index contributed by atoms with van der Waals surface area (Å²) in [5.41, 5.74) is 1.29. The van der Waals surface area contributed by atoms with E-state index in [2.05, 4.69) is 20.4 Å². The van der Waals surface area contributed by atoms with Crippen LogP contribution in [0.4, 0.5) is 5.69 Å². The van der Waals surface area contributed by atoms with Crippen molar-refractivity contribution in [3.8, 4) is 11.8 Å². The number of hydrogen-bond acceptors (Lipinski definition) is 7. The van der Waals surface area contributed by atoms with E-state index in [9.17, 15) is 4.79 Å². The van der Waals surface area contributed by atoms with E-state index in [0.29, 0.717) is 22.8 Å². The third-order valence-corrected chi connectivity index (χ3v) is 4.73. The van der Waals surface area contributed by atoms with Crippen LogP contribution in [0.15, 0.2) is 30.6 Å². The summed E-state index contributed by atoms with van der Waals surface area (Å²) in [6.45, 7) is 4.48. The van der Waals surface area contributed by atoms with E-state index >= 15 is 0 Å². The highest BCUT2D eigenvalue weighted by Gasteiger charge is 2.22. The fraction of sp³-hybridized carbons (Fsp3) is 0.429. The lowest BCUT2D eigenvalue weighted by atomic mass is 10.2. The molecular formula is C21H25N5O4. The van der Waals surface area contributed by atoms with Gasteiger partial charge in [0.2, 0.25) is 11.8 Å². The third-order valence-electron chi connectivity index (χ3n) is 4.73. The molecule has 1 unspecified atom stereocenters. The molecule has 1 amide bonds. The van der Waals surface area contributed by atoms with Crippen molar-refractivity contribution in [2.24, 2.45) is 0 Å². The number of aromatic nitrogens is 4. The average molecular weight is 411 g/mol. The van der Waals surface area contributed by atoms with Gasteiger partial charge < -0.3 is 19.5 Å². The molecular weight excluding hydrogens is 386 g/mol. The van der Waals surface area contributed by atoms with Crippen LogP contribution in [0.2, 0.25) is 0 Å². The highest BCUT2D eigenvalue weighted by Crippen LogP contribution is 2.28. The molecule has 1 N–H and O–H groups in total. The molecule has 3 aromatic rings. The third kappa shape index (κ3) is 4.20. The van der Waals surface area contributed by atoms with Crippen molar-refractivity contribution in [1.82, 2.24) is 19.7 Å². The second kappa shape index (κ2) is 8.66. The van der Waals surface area contributed by atoms with E-state index < -0.39 is 0 Å². The number of hydrogen-bond donors (Lipinski definition) is 1. The van der Waals surface area contributed by atoms with E-state index in [1.54, 1.807) is 29.1 Å². The van der Waals surface area contributed by atoms with Gasteiger partial charge in [-0.05, 0) is 51.3 Å². The zero-order valence-electron chi connectivity index (χ0n) is 17.3. The number of anilines is 1. The lowest BCUT2D eigenvalue weighted by Gasteiger charge is -2.22. The molecule has 1 saturated heterocycles. The van der Waals surface area contributed by atoms with Gasteiger partial charge in [-0.2, -0.15) is 4.98 Å². The number of ether oxygens (including phenoxy) is 3. The lowest BCUT2D eigenvalue weighted by molar-refractivity contribution is -0.0391. The monoisotopic (exact) mass is 411 g/mol. The summed E-state index contributed by atoms with van der Waals surface area (Å²) in [5.74, 6) is 0.189. The molecule has 1 aliphatic rings. The smallest absolute Gasteiger partial charge is 0.261 e. The number of methoxy groups -OCH3 is 1. The molecule has 1 fully saturated rings. The maximum Gasteiger partial charge on any atom is 0.261 e. The van der Waals surface area contributed by atoms with Crippen molar-refractivity contribution in [2.75, 3.05) is 19.0 Å². The first kappa shape index (κ1) is 20.1. The van der Waals surface area contributed by atoms with Gasteiger partial charge in [-0.1, -0.05) is 0 Å². The molecule has 0 aliphatic carbocycles. The minimum absolute atomic E-state index is 0.112. The van der Waals surface area contributed by atoms with Crippen molar-refractivity contribution >= 4 is 22.6 Å². The minimum atomic E-state index is -0.368. The molecule has 0 spiro atoms. The molecule has 0 aromatic carbocycles. The summed E-state index contributed by atoms with van der Waals surface area (Å²) in [6, 6.07) is 5.18. The number of nitrogens with one attached hydrogen (secondary N) is 1. The van der Waals surface area contributed by atoms with Crippen molar-refractivity contribution in [1.29, 1.82) is 0 Å². The van der Waals surface area contributed by atoms with Crippen LogP contribution in [0, 0.1) is 0 Å². The Bertz CT molecular complexity index is 1040. The van der Waals surface area contributed by atoms with Crippen LogP contribution in [-0.2, 0) is 4.74 Å². The van der Waals surface area contributed by atoms with Crippen molar-refractivity contribution < 1.29 is 19.0 Å². The summed E-state index contributed by atoms with van der Waals surface area (Å²) >= 11 is 0. The van der Waals surface area contributed by atoms with Crippen molar-refractivity contribution in [3.05, 3.63) is 36.2 Å². The van der Waals surface area contributed by atoms with Gasteiger partial charge in [-0.25, -0.2) is 9.67 Å². The highest BCUT2D eigenvalue weighted by atomic mass is 16.5. The van der Waals surface area contributed by atoms with Crippen LogP contribution in [0.25, 0.3) is 11.0 Å². The maximum absolute atomic E-state index is 13.1. The first-order valence-corrected chi connectivity index (χ1v) is 10.0. The Balaban J connectivity index is 1.69. The molecule has 158 valence electrons. The number of rotatable bonds is 6. The van der Waals surface area contributed by atoms with Crippen LogP contribution in [0.5, 0.6) is 11.8 Å². The first-order valence-electron chi connectivity index (χ1n) is 10.0. The van der Waals surface area contributed by atoms with Gasteiger partial charge in [-0.3, -0.25) is 4.79 Å². The topological polar surface area (TPSA) is 100 Å². The van der Waals surface area contributed by atoms with Gasteiger partial charge in [0.25, 0.3) is 5.91 Å². The number of carbonyl (C=O) groups is 1. The fourth-order valence-electron chi connectivity index (χ4n) is 3.35. The Hall–Kier alpha value is -3.20. The van der Waals surface area contributed by atoms with Crippen LogP contribution in [-0.4, -0.2) is 45.5 Å². The number of fused-ring (bicyclic) bond motifs is 1. The molecule has 4 heterocycles. The lowest BCUT2D eigenvalue weighted by Crippen LogP contribution is -2.18. The van der Waals surface area contributed by atoms with Gasteiger partial charge in [-0.15, -0.1) is 5.10 Å². The molecule has 1 atom stereocenters. The summed E-state index contributed by atoms with van der Waals surface area (Å²) in [5, 5.41) is 8.12. The Morgan fingerprint density at radius 2 is 2.20 bits per heavy atom. The van der Waals surface area contributed by atoms with Crippen molar-refractivity contribution in [2.45, 2.75) is 45.4 Å². The Morgan fingerprint density at radius 3 is 2.93 bits per heavy atom. The standard InChI is InChI=1S/C21H25N5O4/c1-13(2)30-20-15(19(27)23-16-7-6-9-22-21(16)28-3)11-14-12-26(25-18(14)24-20)17-8-4-5-10-29-17/h6-7,9,11-13,17H,4-5,8,10H2,1-3H3,(H,23,27). The van der Waals surface area contributed by atoms with Gasteiger partial charge in [0.1, 0.15) is 17.5 Å². The summed E-state index contributed by atoms with van der Waals surface area (Å²) in [6.07, 6.45) is 6.24. The predicted molar refractivity (Wildman–Crippen MR) is 111 cm³/mol. The summed E-state index contributed by atoms with van der Waals surface area (Å²) < 4.78 is 18.6. The molecule has 0 bridgehead atoms. The molecule has 30 heavy (non-hydrogen) atoms. The molecule has 4 rings (SSSR count). The zero-order chi connectivity index (χ0) is 21.1. The van der Waals surface area contributed by atoms with E-state index in [-0.39, 0.29) is 24.1 Å². The second-order valence-electron chi connectivity index (χ2n) is 7.37. The molecule has 9 nitrogen and oxygen atoms in total. The fourth-order valence-corrected chi connectivity index (χ4v) is 3.35. The summed E-state index contributed by atoms with van der Waals surface area (Å²) in [7, 11) is 1.50. The highest BCUT2D eigenvalue weighted by molar-refractivity contribution is 6.08. The van der Waals surface area contributed by atoms with Gasteiger partial charge in [0.15, 0.2) is 5.65 Å². The normalized spacial score (nSPS) is 16.6. The average Bonchev–Trinajstić information content (AvgIpc) is 3.17. The summed E-state index contributed by atoms with van der Waals surface area (Å²) in [4.78, 5) is 21.7. The number of nitrogens with zero attached hydrogens (tertiary/aromatic N) is 4. The maximum atomic E-state index is 13.1. The van der Waals surface area contributed by atoms with E-state index in [4.69, 9.17) is 14.2 Å². The largest absolute Gasteiger partial charge is 0.480 e. The number of pyridine rings is 2. The van der Waals surface area contributed by atoms with Crippen molar-refractivity contribution in [3.63, 3.8) is 0 Å². The first-order chi connectivity index (χ1) is 14.5. The van der Waals surface area contributed by atoms with Crippen LogP contribution in [0.3, 0.4) is 0 Å². The van der Waals surface area contributed by atoms with Crippen LogP contribution < -0.4 is 14.8 Å². The van der Waals surface area contributed by atoms with Crippen LogP contribution >= 0.6 is 0 Å². The van der Waals surface area contributed by atoms with E-state index in [0.717, 1.165) is 31.3 Å². The number of amides is 1. The molecule has 0 saturated carbocycles. The Kier molecular flexibility index (Phi) is 5.80. The van der Waals surface area contributed by atoms with Gasteiger partial charge >= 0.3 is 0 Å². The Labute approximate surface area is 174 Å². The second-order valence-corrected chi connectivity index (χ2v) is 7.37. The molecule has 1 aliphatic heterocycles. The zero-order valence-corrected chi connectivity index (χ0v) is 17.3. The quantitative estimate of drug-likeness (QED) is 0.662. The predicted octanol–water partition coefficient (Wildman–Crippen LogP) is 3.57. The number of carbonyl (C=O) groups excluding carboxylic acids is 1. The molecule has 9 heteroatoms. The van der Waals surface area contributed by atoms with Crippen LogP contribution in [0.1, 0.15) is 49.7 Å². The van der Waals surface area contributed by atoms with E-state index in [1.807, 2.05) is 20.0 Å². The van der Waals surface area contributed by atoms with Gasteiger partial charge in [0, 0.05) is 24.4 Å². The molecule has 3 aromatic heterocycles. The van der Waals surface area contributed by atoms with Gasteiger partial charge in [0.05, 0.1) is 13.2 Å². The molecule has 0 radical (unpaired) electrons.